The summed E-state index contributed by atoms with van der Waals surface area (Å²) in [5.74, 6) is 0. The molecular weight excluding hydrogens is 228 g/mol. The van der Waals surface area contributed by atoms with Crippen molar-refractivity contribution in [2.45, 2.75) is 40.7 Å². The summed E-state index contributed by atoms with van der Waals surface area (Å²) in [7, 11) is 0. The lowest BCUT2D eigenvalue weighted by Gasteiger charge is -2.21. The summed E-state index contributed by atoms with van der Waals surface area (Å²) >= 11 is 0. The van der Waals surface area contributed by atoms with Crippen molar-refractivity contribution in [3.05, 3.63) is 30.1 Å². The van der Waals surface area contributed by atoms with Crippen LogP contribution >= 0.6 is 0 Å². The normalized spacial score (nSPS) is 12.7. The summed E-state index contributed by atoms with van der Waals surface area (Å²) in [5, 5.41) is 0. The molecule has 1 amide bonds. The summed E-state index contributed by atoms with van der Waals surface area (Å²) in [6.45, 7) is 9.63. The average molecular weight is 248 g/mol. The molecule has 1 rings (SSSR count). The molecule has 0 N–H and O–H groups in total. The molecule has 0 unspecified atom stereocenters. The van der Waals surface area contributed by atoms with Crippen molar-refractivity contribution < 1.29 is 9.53 Å². The molecule has 1 heterocycles. The standard InChI is InChI=1S/C14H20N2O2/c1-10(2)18-13(17)16-12(14(3,4)5)11-6-8-15-9-7-11/h6-10H,1-5H3/b16-12+. The maximum atomic E-state index is 11.7. The van der Waals surface area contributed by atoms with E-state index in [-0.39, 0.29) is 11.5 Å². The summed E-state index contributed by atoms with van der Waals surface area (Å²) in [6, 6.07) is 3.68. The predicted molar refractivity (Wildman–Crippen MR) is 71.8 cm³/mol. The highest BCUT2D eigenvalue weighted by atomic mass is 16.6. The van der Waals surface area contributed by atoms with Crippen LogP contribution in [0.5, 0.6) is 0 Å². The van der Waals surface area contributed by atoms with Gasteiger partial charge in [-0.15, -0.1) is 0 Å². The first-order valence-corrected chi connectivity index (χ1v) is 6.01. The Morgan fingerprint density at radius 3 is 2.28 bits per heavy atom. The Labute approximate surface area is 108 Å². The first-order chi connectivity index (χ1) is 8.30. The number of amides is 1. The second-order valence-electron chi connectivity index (χ2n) is 5.38. The SMILES string of the molecule is CC(C)OC(=O)/N=C(\c1ccncc1)C(C)(C)C. The van der Waals surface area contributed by atoms with Crippen LogP contribution in [0.1, 0.15) is 40.2 Å². The lowest BCUT2D eigenvalue weighted by atomic mass is 9.86. The van der Waals surface area contributed by atoms with Crippen molar-refractivity contribution in [1.82, 2.24) is 4.98 Å². The molecule has 0 bridgehead atoms. The zero-order valence-corrected chi connectivity index (χ0v) is 11.6. The number of pyridine rings is 1. The van der Waals surface area contributed by atoms with Gasteiger partial charge in [-0.05, 0) is 31.5 Å². The van der Waals surface area contributed by atoms with Gasteiger partial charge in [0.1, 0.15) is 0 Å². The van der Waals surface area contributed by atoms with Crippen LogP contribution in [-0.4, -0.2) is 22.9 Å². The van der Waals surface area contributed by atoms with Crippen molar-refractivity contribution in [1.29, 1.82) is 0 Å². The van der Waals surface area contributed by atoms with Gasteiger partial charge < -0.3 is 4.74 Å². The molecule has 4 heteroatoms. The Hall–Kier alpha value is -1.71. The van der Waals surface area contributed by atoms with Gasteiger partial charge >= 0.3 is 6.09 Å². The highest BCUT2D eigenvalue weighted by molar-refractivity contribution is 6.08. The Morgan fingerprint density at radius 1 is 1.28 bits per heavy atom. The minimum Gasteiger partial charge on any atom is -0.445 e. The largest absolute Gasteiger partial charge is 0.445 e. The van der Waals surface area contributed by atoms with Crippen LogP contribution in [0.15, 0.2) is 29.5 Å². The molecule has 0 radical (unpaired) electrons. The molecule has 0 aromatic carbocycles. The molecule has 1 aromatic rings. The molecule has 0 aliphatic carbocycles. The molecule has 98 valence electrons. The number of nitrogens with zero attached hydrogens (tertiary/aromatic N) is 2. The van der Waals surface area contributed by atoms with Crippen LogP contribution < -0.4 is 0 Å². The van der Waals surface area contributed by atoms with E-state index in [1.54, 1.807) is 26.2 Å². The van der Waals surface area contributed by atoms with E-state index in [0.29, 0.717) is 5.71 Å². The van der Waals surface area contributed by atoms with E-state index in [2.05, 4.69) is 9.98 Å². The first kappa shape index (κ1) is 14.4. The van der Waals surface area contributed by atoms with Crippen molar-refractivity contribution in [2.75, 3.05) is 0 Å². The molecular formula is C14H20N2O2. The molecule has 0 spiro atoms. The monoisotopic (exact) mass is 248 g/mol. The van der Waals surface area contributed by atoms with Crippen LogP contribution in [0.2, 0.25) is 0 Å². The Kier molecular flexibility index (Phi) is 4.59. The summed E-state index contributed by atoms with van der Waals surface area (Å²) in [6.07, 6.45) is 2.65. The fourth-order valence-electron chi connectivity index (χ4n) is 1.49. The van der Waals surface area contributed by atoms with Crippen molar-refractivity contribution in [2.24, 2.45) is 10.4 Å². The smallest absolute Gasteiger partial charge is 0.434 e. The van der Waals surface area contributed by atoms with Crippen LogP contribution in [0.4, 0.5) is 4.79 Å². The fraction of sp³-hybridized carbons (Fsp3) is 0.500. The maximum absolute atomic E-state index is 11.7. The van der Waals surface area contributed by atoms with Gasteiger partial charge in [-0.3, -0.25) is 4.98 Å². The minimum absolute atomic E-state index is 0.167. The van der Waals surface area contributed by atoms with E-state index in [1.165, 1.54) is 0 Å². The van der Waals surface area contributed by atoms with E-state index >= 15 is 0 Å². The van der Waals surface area contributed by atoms with Crippen LogP contribution in [0.3, 0.4) is 0 Å². The van der Waals surface area contributed by atoms with Crippen LogP contribution in [-0.2, 0) is 4.74 Å². The van der Waals surface area contributed by atoms with Crippen LogP contribution in [0.25, 0.3) is 0 Å². The van der Waals surface area contributed by atoms with E-state index in [0.717, 1.165) is 5.56 Å². The minimum atomic E-state index is -0.549. The molecule has 18 heavy (non-hydrogen) atoms. The van der Waals surface area contributed by atoms with Crippen LogP contribution in [0, 0.1) is 5.41 Å². The van der Waals surface area contributed by atoms with Crippen molar-refractivity contribution in [3.8, 4) is 0 Å². The lowest BCUT2D eigenvalue weighted by Crippen LogP contribution is -2.23. The number of carbonyl (C=O) groups is 1. The molecule has 4 nitrogen and oxygen atoms in total. The van der Waals surface area contributed by atoms with Gasteiger partial charge in [-0.1, -0.05) is 20.8 Å². The molecule has 0 atom stereocenters. The van der Waals surface area contributed by atoms with Gasteiger partial charge in [-0.25, -0.2) is 4.79 Å². The highest BCUT2D eigenvalue weighted by Gasteiger charge is 2.22. The van der Waals surface area contributed by atoms with E-state index in [4.69, 9.17) is 4.74 Å². The molecule has 0 saturated heterocycles. The number of hydrogen-bond donors (Lipinski definition) is 0. The molecule has 0 aliphatic heterocycles. The molecule has 1 aromatic heterocycles. The second-order valence-corrected chi connectivity index (χ2v) is 5.38. The molecule has 0 saturated carbocycles. The third-order valence-corrected chi connectivity index (χ3v) is 2.20. The number of ether oxygens (including phenoxy) is 1. The van der Waals surface area contributed by atoms with Gasteiger partial charge in [0.15, 0.2) is 0 Å². The van der Waals surface area contributed by atoms with E-state index < -0.39 is 6.09 Å². The predicted octanol–water partition coefficient (Wildman–Crippen LogP) is 3.46. The number of aliphatic imine (C=N–C) groups is 1. The van der Waals surface area contributed by atoms with E-state index in [1.807, 2.05) is 32.9 Å². The second kappa shape index (κ2) is 5.76. The zero-order valence-electron chi connectivity index (χ0n) is 11.6. The molecule has 0 aliphatic rings. The number of aromatic nitrogens is 1. The first-order valence-electron chi connectivity index (χ1n) is 6.01. The Bertz CT molecular complexity index is 431. The van der Waals surface area contributed by atoms with Crippen molar-refractivity contribution >= 4 is 11.8 Å². The number of hydrogen-bond acceptors (Lipinski definition) is 3. The zero-order chi connectivity index (χ0) is 13.8. The summed E-state index contributed by atoms with van der Waals surface area (Å²) in [5.41, 5.74) is 1.35. The lowest BCUT2D eigenvalue weighted by molar-refractivity contribution is 0.125. The van der Waals surface area contributed by atoms with Gasteiger partial charge in [0.05, 0.1) is 11.8 Å². The van der Waals surface area contributed by atoms with E-state index in [9.17, 15) is 4.79 Å². The van der Waals surface area contributed by atoms with Crippen molar-refractivity contribution in [3.63, 3.8) is 0 Å². The Balaban J connectivity index is 3.08. The topological polar surface area (TPSA) is 51.5 Å². The average Bonchev–Trinajstić information content (AvgIpc) is 2.24. The van der Waals surface area contributed by atoms with Gasteiger partial charge in [-0.2, -0.15) is 4.99 Å². The third kappa shape index (κ3) is 4.28. The molecule has 0 fully saturated rings. The quantitative estimate of drug-likeness (QED) is 0.753. The Morgan fingerprint density at radius 2 is 1.83 bits per heavy atom. The highest BCUT2D eigenvalue weighted by Crippen LogP contribution is 2.22. The van der Waals surface area contributed by atoms with Gasteiger partial charge in [0, 0.05) is 17.8 Å². The maximum Gasteiger partial charge on any atom is 0.434 e. The summed E-state index contributed by atoms with van der Waals surface area (Å²) < 4.78 is 5.06. The number of carbonyl (C=O) groups excluding carboxylic acids is 1. The van der Waals surface area contributed by atoms with Gasteiger partial charge in [0.2, 0.25) is 0 Å². The number of rotatable bonds is 2. The third-order valence-electron chi connectivity index (χ3n) is 2.20. The fourth-order valence-corrected chi connectivity index (χ4v) is 1.49. The summed E-state index contributed by atoms with van der Waals surface area (Å²) in [4.78, 5) is 19.7. The van der Waals surface area contributed by atoms with Gasteiger partial charge in [0.25, 0.3) is 0 Å².